The van der Waals surface area contributed by atoms with E-state index in [1.54, 1.807) is 0 Å². The van der Waals surface area contributed by atoms with Crippen LogP contribution >= 0.6 is 0 Å². The second-order valence-electron chi connectivity index (χ2n) is 7.28. The van der Waals surface area contributed by atoms with Crippen LogP contribution in [0.2, 0.25) is 0 Å². The van der Waals surface area contributed by atoms with Gasteiger partial charge in [-0.15, -0.1) is 0 Å². The molecule has 1 amide bonds. The summed E-state index contributed by atoms with van der Waals surface area (Å²) >= 11 is 0. The molecule has 0 spiro atoms. The molecule has 0 fully saturated rings. The first kappa shape index (κ1) is 21.3. The molecule has 0 bridgehead atoms. The van der Waals surface area contributed by atoms with E-state index in [0.29, 0.717) is 11.4 Å². The smallest absolute Gasteiger partial charge is 0.298 e. The average molecular weight is 401 g/mol. The summed E-state index contributed by atoms with van der Waals surface area (Å²) in [4.78, 5) is 17.3. The minimum absolute atomic E-state index is 0.598. The van der Waals surface area contributed by atoms with Gasteiger partial charge >= 0.3 is 6.09 Å². The van der Waals surface area contributed by atoms with Crippen LogP contribution < -0.4 is 5.32 Å². The van der Waals surface area contributed by atoms with Gasteiger partial charge in [0.05, 0.1) is 5.71 Å². The maximum Gasteiger partial charge on any atom is 0.437 e. The van der Waals surface area contributed by atoms with Crippen molar-refractivity contribution in [1.29, 1.82) is 0 Å². The molecule has 4 heteroatoms. The van der Waals surface area contributed by atoms with E-state index < -0.39 is 6.09 Å². The van der Waals surface area contributed by atoms with Crippen LogP contribution in [0.1, 0.15) is 44.2 Å². The van der Waals surface area contributed by atoms with Crippen molar-refractivity contribution < 1.29 is 9.63 Å². The van der Waals surface area contributed by atoms with E-state index in [4.69, 9.17) is 4.84 Å². The fourth-order valence-corrected chi connectivity index (χ4v) is 3.24. The van der Waals surface area contributed by atoms with Crippen molar-refractivity contribution in [2.45, 2.75) is 39.5 Å². The molecule has 0 aromatic heterocycles. The Morgan fingerprint density at radius 3 is 2.47 bits per heavy atom. The van der Waals surface area contributed by atoms with Gasteiger partial charge in [0.15, 0.2) is 0 Å². The molecule has 0 aliphatic rings. The molecule has 154 valence electrons. The molecule has 0 saturated carbocycles. The highest BCUT2D eigenvalue weighted by Gasteiger charge is 2.06. The summed E-state index contributed by atoms with van der Waals surface area (Å²) in [5, 5.41) is 6.76. The number of hydrogen-bond acceptors (Lipinski definition) is 3. The van der Waals surface area contributed by atoms with Gasteiger partial charge in [-0.3, -0.25) is 10.2 Å². The Morgan fingerprint density at radius 2 is 1.67 bits per heavy atom. The summed E-state index contributed by atoms with van der Waals surface area (Å²) in [6.07, 6.45) is 3.96. The minimum Gasteiger partial charge on any atom is -0.298 e. The lowest BCUT2D eigenvalue weighted by Gasteiger charge is -2.07. The fraction of sp³-hybridized carbons (Fsp3) is 0.231. The van der Waals surface area contributed by atoms with E-state index in [2.05, 4.69) is 35.6 Å². The van der Waals surface area contributed by atoms with Gasteiger partial charge in [0.2, 0.25) is 0 Å². The standard InChI is InChI=1S/C26H28N2O2/c1-3-4-6-11-21-12-9-17-25(18-21)27-26(29)30-28-20(2)23-15-10-16-24(19-23)22-13-7-5-8-14-22/h5,7-10,12-19H,3-4,6,11H2,1-2H3,(H,27,29)/b28-20-. The first-order valence-corrected chi connectivity index (χ1v) is 10.4. The lowest BCUT2D eigenvalue weighted by molar-refractivity contribution is 0.166. The highest BCUT2D eigenvalue weighted by atomic mass is 16.7. The predicted octanol–water partition coefficient (Wildman–Crippen LogP) is 7.06. The molecule has 0 unspecified atom stereocenters. The zero-order valence-electron chi connectivity index (χ0n) is 17.6. The summed E-state index contributed by atoms with van der Waals surface area (Å²) in [5.74, 6) is 0. The number of oxime groups is 1. The molecule has 4 nitrogen and oxygen atoms in total. The largest absolute Gasteiger partial charge is 0.437 e. The van der Waals surface area contributed by atoms with Crippen LogP contribution in [0.4, 0.5) is 10.5 Å². The number of unbranched alkanes of at least 4 members (excludes halogenated alkanes) is 2. The van der Waals surface area contributed by atoms with Crippen molar-refractivity contribution in [2.75, 3.05) is 5.32 Å². The highest BCUT2D eigenvalue weighted by Crippen LogP contribution is 2.20. The zero-order valence-corrected chi connectivity index (χ0v) is 17.6. The van der Waals surface area contributed by atoms with E-state index >= 15 is 0 Å². The monoisotopic (exact) mass is 400 g/mol. The third-order valence-electron chi connectivity index (χ3n) is 4.90. The van der Waals surface area contributed by atoms with Gasteiger partial charge in [0, 0.05) is 5.69 Å². The van der Waals surface area contributed by atoms with Crippen molar-refractivity contribution in [2.24, 2.45) is 5.16 Å². The van der Waals surface area contributed by atoms with Gasteiger partial charge < -0.3 is 0 Å². The second-order valence-corrected chi connectivity index (χ2v) is 7.28. The molecular weight excluding hydrogens is 372 g/mol. The van der Waals surface area contributed by atoms with Crippen molar-refractivity contribution in [3.8, 4) is 11.1 Å². The number of benzene rings is 3. The minimum atomic E-state index is -0.598. The Balaban J connectivity index is 1.60. The third-order valence-corrected chi connectivity index (χ3v) is 4.90. The number of carbonyl (C=O) groups is 1. The molecule has 0 aliphatic carbocycles. The third kappa shape index (κ3) is 6.31. The maximum atomic E-state index is 12.2. The normalized spacial score (nSPS) is 11.2. The number of nitrogens with one attached hydrogen (secondary N) is 1. The number of rotatable bonds is 8. The molecule has 0 heterocycles. The van der Waals surface area contributed by atoms with Crippen LogP contribution in [0.5, 0.6) is 0 Å². The van der Waals surface area contributed by atoms with Crippen LogP contribution in [-0.4, -0.2) is 11.8 Å². The Labute approximate surface area is 178 Å². The van der Waals surface area contributed by atoms with Gasteiger partial charge in [0.25, 0.3) is 0 Å². The van der Waals surface area contributed by atoms with Crippen molar-refractivity contribution in [3.63, 3.8) is 0 Å². The summed E-state index contributed by atoms with van der Waals surface area (Å²) in [7, 11) is 0. The lowest BCUT2D eigenvalue weighted by Crippen LogP contribution is -2.12. The number of hydrogen-bond donors (Lipinski definition) is 1. The number of carbonyl (C=O) groups excluding carboxylic acids is 1. The maximum absolute atomic E-state index is 12.2. The van der Waals surface area contributed by atoms with Crippen molar-refractivity contribution in [1.82, 2.24) is 0 Å². The molecule has 0 atom stereocenters. The zero-order chi connectivity index (χ0) is 21.2. The SMILES string of the molecule is CCCCCc1cccc(NC(=O)O/N=C(/C)c2cccc(-c3ccccc3)c2)c1. The highest BCUT2D eigenvalue weighted by molar-refractivity contribution is 5.99. The predicted molar refractivity (Wildman–Crippen MR) is 124 cm³/mol. The molecule has 0 saturated heterocycles. The summed E-state index contributed by atoms with van der Waals surface area (Å²) in [5.41, 5.74) is 5.68. The van der Waals surface area contributed by atoms with Crippen LogP contribution in [0.15, 0.2) is 84.0 Å². The van der Waals surface area contributed by atoms with Crippen LogP contribution in [-0.2, 0) is 11.3 Å². The summed E-state index contributed by atoms with van der Waals surface area (Å²) in [6.45, 7) is 4.01. The number of anilines is 1. The van der Waals surface area contributed by atoms with E-state index in [1.807, 2.05) is 67.6 Å². The summed E-state index contributed by atoms with van der Waals surface area (Å²) < 4.78 is 0. The Hall–Kier alpha value is -3.40. The summed E-state index contributed by atoms with van der Waals surface area (Å²) in [6, 6.07) is 26.0. The number of amides is 1. The van der Waals surface area contributed by atoms with Crippen LogP contribution in [0.3, 0.4) is 0 Å². The number of aryl methyl sites for hydroxylation is 1. The first-order valence-electron chi connectivity index (χ1n) is 10.4. The van der Waals surface area contributed by atoms with E-state index in [9.17, 15) is 4.79 Å². The van der Waals surface area contributed by atoms with E-state index in [-0.39, 0.29) is 0 Å². The molecule has 1 N–H and O–H groups in total. The van der Waals surface area contributed by atoms with Gasteiger partial charge in [-0.25, -0.2) is 4.79 Å². The van der Waals surface area contributed by atoms with E-state index in [0.717, 1.165) is 29.5 Å². The molecule has 3 aromatic rings. The lowest BCUT2D eigenvalue weighted by atomic mass is 10.0. The fourth-order valence-electron chi connectivity index (χ4n) is 3.24. The molecule has 3 rings (SSSR count). The second kappa shape index (κ2) is 11.0. The molecule has 0 radical (unpaired) electrons. The molecule has 0 aliphatic heterocycles. The Kier molecular flexibility index (Phi) is 7.78. The first-order chi connectivity index (χ1) is 14.7. The van der Waals surface area contributed by atoms with Crippen LogP contribution in [0.25, 0.3) is 11.1 Å². The van der Waals surface area contributed by atoms with Crippen LogP contribution in [0, 0.1) is 0 Å². The van der Waals surface area contributed by atoms with Gasteiger partial charge in [-0.1, -0.05) is 85.6 Å². The van der Waals surface area contributed by atoms with Gasteiger partial charge in [-0.2, -0.15) is 0 Å². The average Bonchev–Trinajstić information content (AvgIpc) is 2.78. The van der Waals surface area contributed by atoms with Crippen molar-refractivity contribution >= 4 is 17.5 Å². The number of nitrogens with zero attached hydrogens (tertiary/aromatic N) is 1. The quantitative estimate of drug-likeness (QED) is 0.190. The Morgan fingerprint density at radius 1 is 0.900 bits per heavy atom. The van der Waals surface area contributed by atoms with Gasteiger partial charge in [-0.05, 0) is 60.2 Å². The Bertz CT molecular complexity index is 997. The molecule has 3 aromatic carbocycles. The molecule has 30 heavy (non-hydrogen) atoms. The van der Waals surface area contributed by atoms with Gasteiger partial charge in [0.1, 0.15) is 0 Å². The molecular formula is C26H28N2O2. The topological polar surface area (TPSA) is 50.7 Å². The van der Waals surface area contributed by atoms with Crippen molar-refractivity contribution in [3.05, 3.63) is 90.0 Å². The van der Waals surface area contributed by atoms with E-state index in [1.165, 1.54) is 18.4 Å².